The first-order valence-electron chi connectivity index (χ1n) is 11.7. The number of rotatable bonds is 9. The van der Waals surface area contributed by atoms with Crippen LogP contribution in [0.5, 0.6) is 11.5 Å². The van der Waals surface area contributed by atoms with E-state index >= 15 is 0 Å². The topological polar surface area (TPSA) is 89.7 Å². The van der Waals surface area contributed by atoms with E-state index in [9.17, 15) is 4.79 Å². The van der Waals surface area contributed by atoms with Crippen LogP contribution in [0.15, 0.2) is 47.0 Å². The first-order valence-corrected chi connectivity index (χ1v) is 11.7. The largest absolute Gasteiger partial charge is 0.493 e. The second-order valence-electron chi connectivity index (χ2n) is 8.54. The van der Waals surface area contributed by atoms with Crippen molar-refractivity contribution in [1.29, 1.82) is 0 Å². The smallest absolute Gasteiger partial charge is 0.241 e. The van der Waals surface area contributed by atoms with Gasteiger partial charge in [-0.15, -0.1) is 0 Å². The van der Waals surface area contributed by atoms with Crippen LogP contribution in [-0.4, -0.2) is 48.3 Å². The number of hydrogen-bond acceptors (Lipinski definition) is 7. The fourth-order valence-corrected chi connectivity index (χ4v) is 4.24. The lowest BCUT2D eigenvalue weighted by molar-refractivity contribution is -0.127. The van der Waals surface area contributed by atoms with Gasteiger partial charge in [-0.1, -0.05) is 36.3 Å². The predicted octanol–water partition coefficient (Wildman–Crippen LogP) is 3.84. The van der Waals surface area contributed by atoms with Gasteiger partial charge >= 0.3 is 0 Å². The highest BCUT2D eigenvalue weighted by Crippen LogP contribution is 2.31. The van der Waals surface area contributed by atoms with Crippen molar-refractivity contribution in [2.24, 2.45) is 5.92 Å². The zero-order chi connectivity index (χ0) is 23.9. The van der Waals surface area contributed by atoms with Crippen molar-refractivity contribution in [2.75, 3.05) is 27.3 Å². The fourth-order valence-electron chi connectivity index (χ4n) is 4.24. The molecule has 1 amide bonds. The van der Waals surface area contributed by atoms with E-state index in [-0.39, 0.29) is 11.8 Å². The number of nitrogens with one attached hydrogen (secondary N) is 1. The number of ether oxygens (including phenoxy) is 2. The van der Waals surface area contributed by atoms with Gasteiger partial charge in [0.2, 0.25) is 17.6 Å². The molecule has 1 aromatic heterocycles. The van der Waals surface area contributed by atoms with Crippen molar-refractivity contribution in [3.8, 4) is 22.9 Å². The molecule has 0 spiro atoms. The Balaban J connectivity index is 1.32. The standard InChI is InChI=1S/C26H32N4O4/c1-4-18-7-9-19(10-8-18)15-27-26(31)21-6-5-13-30(16-21)17-24-28-25(29-34-24)20-11-12-22(32-2)23(14-20)33-3/h7-12,14,21H,4-6,13,15-17H2,1-3H3,(H,27,31). The lowest BCUT2D eigenvalue weighted by atomic mass is 9.97. The molecule has 8 nitrogen and oxygen atoms in total. The minimum absolute atomic E-state index is 0.0445. The average Bonchev–Trinajstić information content (AvgIpc) is 3.35. The summed E-state index contributed by atoms with van der Waals surface area (Å²) in [6.45, 7) is 4.78. The number of piperidine rings is 1. The molecule has 1 unspecified atom stereocenters. The maximum absolute atomic E-state index is 12.8. The summed E-state index contributed by atoms with van der Waals surface area (Å²) in [4.78, 5) is 19.5. The molecule has 0 aliphatic carbocycles. The summed E-state index contributed by atoms with van der Waals surface area (Å²) in [6.07, 6.45) is 2.86. The van der Waals surface area contributed by atoms with Crippen LogP contribution in [0.3, 0.4) is 0 Å². The molecule has 1 fully saturated rings. The number of carbonyl (C=O) groups is 1. The maximum atomic E-state index is 12.8. The molecule has 0 saturated carbocycles. The van der Waals surface area contributed by atoms with E-state index in [2.05, 4.69) is 51.5 Å². The lowest BCUT2D eigenvalue weighted by Gasteiger charge is -2.30. The summed E-state index contributed by atoms with van der Waals surface area (Å²) in [5.41, 5.74) is 3.20. The third-order valence-corrected chi connectivity index (χ3v) is 6.24. The van der Waals surface area contributed by atoms with Gasteiger partial charge in [-0.25, -0.2) is 0 Å². The van der Waals surface area contributed by atoms with E-state index in [0.29, 0.717) is 42.8 Å². The van der Waals surface area contributed by atoms with Gasteiger partial charge in [0, 0.05) is 18.7 Å². The van der Waals surface area contributed by atoms with Gasteiger partial charge in [-0.05, 0) is 55.1 Å². The molecule has 180 valence electrons. The number of aromatic nitrogens is 2. The van der Waals surface area contributed by atoms with Crippen LogP contribution in [-0.2, 0) is 24.3 Å². The van der Waals surface area contributed by atoms with Crippen molar-refractivity contribution >= 4 is 5.91 Å². The minimum Gasteiger partial charge on any atom is -0.493 e. The maximum Gasteiger partial charge on any atom is 0.241 e. The summed E-state index contributed by atoms with van der Waals surface area (Å²) in [5.74, 6) is 2.33. The van der Waals surface area contributed by atoms with Gasteiger partial charge in [-0.2, -0.15) is 4.98 Å². The van der Waals surface area contributed by atoms with Gasteiger partial charge in [0.05, 0.1) is 26.7 Å². The number of nitrogens with zero attached hydrogens (tertiary/aromatic N) is 3. The van der Waals surface area contributed by atoms with E-state index in [1.807, 2.05) is 18.2 Å². The molecule has 1 aliphatic heterocycles. The number of hydrogen-bond donors (Lipinski definition) is 1. The molecule has 2 aromatic carbocycles. The molecule has 1 atom stereocenters. The van der Waals surface area contributed by atoms with Crippen molar-refractivity contribution in [3.63, 3.8) is 0 Å². The molecule has 0 radical (unpaired) electrons. The van der Waals surface area contributed by atoms with Gasteiger partial charge in [-0.3, -0.25) is 9.69 Å². The van der Waals surface area contributed by atoms with Gasteiger partial charge < -0.3 is 19.3 Å². The molecular formula is C26H32N4O4. The summed E-state index contributed by atoms with van der Waals surface area (Å²) < 4.78 is 16.1. The summed E-state index contributed by atoms with van der Waals surface area (Å²) in [6, 6.07) is 13.9. The van der Waals surface area contributed by atoms with Crippen molar-refractivity contribution < 1.29 is 18.8 Å². The summed E-state index contributed by atoms with van der Waals surface area (Å²) in [7, 11) is 3.19. The molecule has 4 rings (SSSR count). The van der Waals surface area contributed by atoms with Crippen LogP contribution < -0.4 is 14.8 Å². The quantitative estimate of drug-likeness (QED) is 0.514. The average molecular weight is 465 g/mol. The number of methoxy groups -OCH3 is 2. The van der Waals surface area contributed by atoms with Crippen molar-refractivity contribution in [3.05, 3.63) is 59.5 Å². The van der Waals surface area contributed by atoms with Gasteiger partial charge in [0.15, 0.2) is 11.5 Å². The zero-order valence-corrected chi connectivity index (χ0v) is 20.0. The monoisotopic (exact) mass is 464 g/mol. The molecule has 1 N–H and O–H groups in total. The summed E-state index contributed by atoms with van der Waals surface area (Å²) in [5, 5.41) is 7.22. The molecule has 1 saturated heterocycles. The van der Waals surface area contributed by atoms with Crippen molar-refractivity contribution in [2.45, 2.75) is 39.3 Å². The highest BCUT2D eigenvalue weighted by atomic mass is 16.5. The Kier molecular flexibility index (Phi) is 7.80. The second-order valence-corrected chi connectivity index (χ2v) is 8.54. The van der Waals surface area contributed by atoms with Crippen LogP contribution in [0.4, 0.5) is 0 Å². The van der Waals surface area contributed by atoms with Crippen LogP contribution >= 0.6 is 0 Å². The first kappa shape index (κ1) is 23.8. The normalized spacial score (nSPS) is 16.3. The molecule has 2 heterocycles. The van der Waals surface area contributed by atoms with Crippen molar-refractivity contribution in [1.82, 2.24) is 20.4 Å². The number of amides is 1. The molecule has 3 aromatic rings. The van der Waals surface area contributed by atoms with Crippen LogP contribution in [0, 0.1) is 5.92 Å². The highest BCUT2D eigenvalue weighted by Gasteiger charge is 2.27. The SMILES string of the molecule is CCc1ccc(CNC(=O)C2CCCN(Cc3nc(-c4ccc(OC)c(OC)c4)no3)C2)cc1. The fraction of sp³-hybridized carbons (Fsp3) is 0.423. The number of benzene rings is 2. The Bertz CT molecular complexity index is 1100. The Hall–Kier alpha value is -3.39. The second kappa shape index (κ2) is 11.2. The van der Waals surface area contributed by atoms with Gasteiger partial charge in [0.1, 0.15) is 0 Å². The van der Waals surface area contributed by atoms with Crippen LogP contribution in [0.1, 0.15) is 36.8 Å². The third-order valence-electron chi connectivity index (χ3n) is 6.24. The van der Waals surface area contributed by atoms with Crippen LogP contribution in [0.25, 0.3) is 11.4 Å². The van der Waals surface area contributed by atoms with E-state index in [4.69, 9.17) is 14.0 Å². The third kappa shape index (κ3) is 5.75. The van der Waals surface area contributed by atoms with E-state index in [0.717, 1.165) is 36.9 Å². The lowest BCUT2D eigenvalue weighted by Crippen LogP contribution is -2.42. The molecule has 8 heteroatoms. The summed E-state index contributed by atoms with van der Waals surface area (Å²) >= 11 is 0. The Morgan fingerprint density at radius 3 is 2.62 bits per heavy atom. The zero-order valence-electron chi connectivity index (χ0n) is 20.0. The van der Waals surface area contributed by atoms with E-state index in [1.165, 1.54) is 5.56 Å². The number of likely N-dealkylation sites (tertiary alicyclic amines) is 1. The molecular weight excluding hydrogens is 432 g/mol. The Labute approximate surface area is 200 Å². The first-order chi connectivity index (χ1) is 16.6. The Morgan fingerprint density at radius 1 is 1.12 bits per heavy atom. The number of carbonyl (C=O) groups excluding carboxylic acids is 1. The number of aryl methyl sites for hydroxylation is 1. The van der Waals surface area contributed by atoms with Crippen LogP contribution in [0.2, 0.25) is 0 Å². The molecule has 1 aliphatic rings. The highest BCUT2D eigenvalue weighted by molar-refractivity contribution is 5.79. The Morgan fingerprint density at radius 2 is 1.88 bits per heavy atom. The predicted molar refractivity (Wildman–Crippen MR) is 129 cm³/mol. The van der Waals surface area contributed by atoms with E-state index in [1.54, 1.807) is 14.2 Å². The molecule has 0 bridgehead atoms. The minimum atomic E-state index is -0.0445. The molecule has 34 heavy (non-hydrogen) atoms. The van der Waals surface area contributed by atoms with E-state index < -0.39 is 0 Å². The van der Waals surface area contributed by atoms with Gasteiger partial charge in [0.25, 0.3) is 0 Å².